The maximum Gasteiger partial charge on any atom is 0.263 e. The standard InChI is InChI=1S/C32H25ClFN3O4/c1-35-31(38)29-23-15-19(8-13-26(23)41-30(29)18-6-9-20(34)10-7-18)22-16-24(27(40-2)17-25(22)33)32(39)37(21-11-12-21)28-5-3-4-14-36-28/h3-10,13-17,21H,11-12H2,1-2H3,(H,35,38). The molecule has 0 atom stereocenters. The molecule has 0 unspecified atom stereocenters. The number of rotatable bonds is 7. The maximum absolute atomic E-state index is 13.9. The average molecular weight is 570 g/mol. The maximum atomic E-state index is 13.9. The Morgan fingerprint density at radius 2 is 1.80 bits per heavy atom. The van der Waals surface area contributed by atoms with Crippen LogP contribution >= 0.6 is 11.6 Å². The van der Waals surface area contributed by atoms with Gasteiger partial charge in [-0.3, -0.25) is 14.5 Å². The lowest BCUT2D eigenvalue weighted by molar-refractivity contribution is 0.0961. The minimum atomic E-state index is -0.392. The minimum absolute atomic E-state index is 0.0588. The molecule has 2 amide bonds. The van der Waals surface area contributed by atoms with E-state index in [0.29, 0.717) is 61.1 Å². The molecule has 41 heavy (non-hydrogen) atoms. The molecule has 1 N–H and O–H groups in total. The topological polar surface area (TPSA) is 84.7 Å². The van der Waals surface area contributed by atoms with Crippen molar-refractivity contribution in [3.05, 3.63) is 101 Å². The molecular weight excluding hydrogens is 545 g/mol. The van der Waals surface area contributed by atoms with Crippen LogP contribution in [-0.4, -0.2) is 37.0 Å². The smallest absolute Gasteiger partial charge is 0.263 e. The molecule has 1 aliphatic rings. The van der Waals surface area contributed by atoms with Gasteiger partial charge in [-0.1, -0.05) is 23.7 Å². The molecule has 1 fully saturated rings. The molecule has 6 rings (SSSR count). The summed E-state index contributed by atoms with van der Waals surface area (Å²) >= 11 is 6.73. The van der Waals surface area contributed by atoms with E-state index in [1.807, 2.05) is 18.2 Å². The van der Waals surface area contributed by atoms with E-state index in [1.165, 1.54) is 26.3 Å². The number of ether oxygens (including phenoxy) is 1. The fourth-order valence-corrected chi connectivity index (χ4v) is 5.21. The van der Waals surface area contributed by atoms with Crippen molar-refractivity contribution in [1.82, 2.24) is 10.3 Å². The fraction of sp³-hybridized carbons (Fsp3) is 0.156. The normalized spacial score (nSPS) is 12.8. The summed E-state index contributed by atoms with van der Waals surface area (Å²) in [6.07, 6.45) is 3.44. The largest absolute Gasteiger partial charge is 0.496 e. The summed E-state index contributed by atoms with van der Waals surface area (Å²) in [6, 6.07) is 20.0. The molecule has 3 aromatic carbocycles. The molecule has 0 spiro atoms. The Kier molecular flexibility index (Phi) is 6.93. The zero-order valence-electron chi connectivity index (χ0n) is 22.3. The molecule has 5 aromatic rings. The summed E-state index contributed by atoms with van der Waals surface area (Å²) in [4.78, 5) is 33.1. The number of furan rings is 1. The van der Waals surface area contributed by atoms with Gasteiger partial charge in [0.25, 0.3) is 11.8 Å². The zero-order valence-corrected chi connectivity index (χ0v) is 23.0. The van der Waals surface area contributed by atoms with Gasteiger partial charge < -0.3 is 14.5 Å². The number of aromatic nitrogens is 1. The number of halogens is 2. The molecule has 7 nitrogen and oxygen atoms in total. The Morgan fingerprint density at radius 3 is 2.46 bits per heavy atom. The number of hydrogen-bond donors (Lipinski definition) is 1. The number of anilines is 1. The number of nitrogens with one attached hydrogen (secondary N) is 1. The third kappa shape index (κ3) is 4.91. The van der Waals surface area contributed by atoms with Gasteiger partial charge in [-0.2, -0.15) is 0 Å². The van der Waals surface area contributed by atoms with Crippen molar-refractivity contribution >= 4 is 40.2 Å². The van der Waals surface area contributed by atoms with Gasteiger partial charge >= 0.3 is 0 Å². The molecule has 9 heteroatoms. The van der Waals surface area contributed by atoms with E-state index in [-0.39, 0.29) is 17.9 Å². The van der Waals surface area contributed by atoms with Crippen LogP contribution in [0.4, 0.5) is 10.2 Å². The molecule has 0 bridgehead atoms. The second-order valence-electron chi connectivity index (χ2n) is 9.73. The molecule has 2 aromatic heterocycles. The van der Waals surface area contributed by atoms with E-state index < -0.39 is 5.82 Å². The first kappa shape index (κ1) is 26.5. The van der Waals surface area contributed by atoms with Crippen molar-refractivity contribution in [2.45, 2.75) is 18.9 Å². The summed E-state index contributed by atoms with van der Waals surface area (Å²) < 4.78 is 25.2. The summed E-state index contributed by atoms with van der Waals surface area (Å²) in [7, 11) is 3.03. The Hall–Kier alpha value is -4.69. The lowest BCUT2D eigenvalue weighted by Gasteiger charge is -2.23. The molecule has 0 saturated heterocycles. The summed E-state index contributed by atoms with van der Waals surface area (Å²) in [5.74, 6) is 0.253. The molecule has 2 heterocycles. The summed E-state index contributed by atoms with van der Waals surface area (Å²) in [5.41, 5.74) is 2.95. The van der Waals surface area contributed by atoms with Gasteiger partial charge in [0.2, 0.25) is 0 Å². The second kappa shape index (κ2) is 10.7. The Balaban J connectivity index is 1.48. The number of pyridine rings is 1. The van der Waals surface area contributed by atoms with Crippen LogP contribution in [0.5, 0.6) is 5.75 Å². The number of amides is 2. The van der Waals surface area contributed by atoms with Gasteiger partial charge in [-0.05, 0) is 73.0 Å². The lowest BCUT2D eigenvalue weighted by atomic mass is 9.98. The molecule has 0 aliphatic heterocycles. The predicted molar refractivity (Wildman–Crippen MR) is 156 cm³/mol. The highest BCUT2D eigenvalue weighted by Crippen LogP contribution is 2.41. The van der Waals surface area contributed by atoms with E-state index >= 15 is 0 Å². The minimum Gasteiger partial charge on any atom is -0.496 e. The third-order valence-corrected chi connectivity index (χ3v) is 7.42. The van der Waals surface area contributed by atoms with Crippen LogP contribution in [0.3, 0.4) is 0 Å². The summed E-state index contributed by atoms with van der Waals surface area (Å²) in [6.45, 7) is 0. The fourth-order valence-electron chi connectivity index (χ4n) is 4.95. The van der Waals surface area contributed by atoms with Crippen LogP contribution in [0.15, 0.2) is 83.4 Å². The van der Waals surface area contributed by atoms with Gasteiger partial charge in [-0.15, -0.1) is 0 Å². The van der Waals surface area contributed by atoms with Crippen LogP contribution in [0.2, 0.25) is 5.02 Å². The van der Waals surface area contributed by atoms with Crippen molar-refractivity contribution in [2.75, 3.05) is 19.1 Å². The second-order valence-corrected chi connectivity index (χ2v) is 10.1. The molecule has 1 saturated carbocycles. The molecule has 1 aliphatic carbocycles. The Bertz CT molecular complexity index is 1780. The molecule has 206 valence electrons. The highest BCUT2D eigenvalue weighted by Gasteiger charge is 2.36. The Labute approximate surface area is 240 Å². The SMILES string of the molecule is CNC(=O)c1c(-c2ccc(F)cc2)oc2ccc(-c3cc(C(=O)N(c4ccccn4)C4CC4)c(OC)cc3Cl)cc12. The summed E-state index contributed by atoms with van der Waals surface area (Å²) in [5, 5.41) is 3.59. The van der Waals surface area contributed by atoms with E-state index in [1.54, 1.807) is 53.6 Å². The van der Waals surface area contributed by atoms with Gasteiger partial charge in [0.1, 0.15) is 28.7 Å². The predicted octanol–water partition coefficient (Wildman–Crippen LogP) is 7.13. The van der Waals surface area contributed by atoms with E-state index in [9.17, 15) is 14.0 Å². The number of nitrogens with zero attached hydrogens (tertiary/aromatic N) is 2. The van der Waals surface area contributed by atoms with E-state index in [4.69, 9.17) is 20.8 Å². The third-order valence-electron chi connectivity index (χ3n) is 7.11. The monoisotopic (exact) mass is 569 g/mol. The van der Waals surface area contributed by atoms with Gasteiger partial charge in [0.15, 0.2) is 0 Å². The number of benzene rings is 3. The highest BCUT2D eigenvalue weighted by atomic mass is 35.5. The Morgan fingerprint density at radius 1 is 1.05 bits per heavy atom. The van der Waals surface area contributed by atoms with Crippen LogP contribution in [0, 0.1) is 5.82 Å². The number of carbonyl (C=O) groups is 2. The van der Waals surface area contributed by atoms with Gasteiger partial charge in [-0.25, -0.2) is 9.37 Å². The quantitative estimate of drug-likeness (QED) is 0.225. The zero-order chi connectivity index (χ0) is 28.7. The van der Waals surface area contributed by atoms with Crippen molar-refractivity contribution in [3.63, 3.8) is 0 Å². The van der Waals surface area contributed by atoms with Gasteiger partial charge in [0.05, 0.1) is 23.3 Å². The lowest BCUT2D eigenvalue weighted by Crippen LogP contribution is -2.34. The van der Waals surface area contributed by atoms with E-state index in [0.717, 1.165) is 12.8 Å². The number of fused-ring (bicyclic) bond motifs is 1. The first-order valence-electron chi connectivity index (χ1n) is 13.1. The average Bonchev–Trinajstić information content (AvgIpc) is 3.76. The highest BCUT2D eigenvalue weighted by molar-refractivity contribution is 6.34. The van der Waals surface area contributed by atoms with Crippen molar-refractivity contribution in [2.24, 2.45) is 0 Å². The number of methoxy groups -OCH3 is 1. The first-order valence-corrected chi connectivity index (χ1v) is 13.4. The van der Waals surface area contributed by atoms with Crippen LogP contribution in [-0.2, 0) is 0 Å². The number of hydrogen-bond acceptors (Lipinski definition) is 5. The number of carbonyl (C=O) groups excluding carboxylic acids is 2. The van der Waals surface area contributed by atoms with Crippen LogP contribution < -0.4 is 15.0 Å². The van der Waals surface area contributed by atoms with Gasteiger partial charge in [0, 0.05) is 41.9 Å². The molecule has 0 radical (unpaired) electrons. The van der Waals surface area contributed by atoms with Crippen LogP contribution in [0.1, 0.15) is 33.6 Å². The van der Waals surface area contributed by atoms with Crippen LogP contribution in [0.25, 0.3) is 33.4 Å². The van der Waals surface area contributed by atoms with E-state index in [2.05, 4.69) is 10.3 Å². The van der Waals surface area contributed by atoms with Crippen molar-refractivity contribution in [3.8, 4) is 28.2 Å². The van der Waals surface area contributed by atoms with Crippen molar-refractivity contribution < 1.29 is 23.1 Å². The van der Waals surface area contributed by atoms with Crippen molar-refractivity contribution in [1.29, 1.82) is 0 Å². The molecular formula is C32H25ClFN3O4. The first-order chi connectivity index (χ1) is 19.9.